The first-order chi connectivity index (χ1) is 8.50. The second-order valence-electron chi connectivity index (χ2n) is 6.58. The predicted octanol–water partition coefficient (Wildman–Crippen LogP) is 3.22. The summed E-state index contributed by atoms with van der Waals surface area (Å²) in [5.74, 6) is 4.10. The highest BCUT2D eigenvalue weighted by Gasteiger charge is 2.38. The molecule has 0 aromatic heterocycles. The summed E-state index contributed by atoms with van der Waals surface area (Å²) in [6.07, 6.45) is 3.87. The first-order valence-electron chi connectivity index (χ1n) is 7.53. The summed E-state index contributed by atoms with van der Waals surface area (Å²) in [5, 5.41) is 0. The molecule has 1 aliphatic rings. The standard InChI is InChI=1S/C15H32N2S/c1-13(2)5-8-17(9-6-14(3)4)15(11-16)7-10-18-12-15/h13-14H,5-12,16H2,1-4H3. The molecule has 18 heavy (non-hydrogen) atoms. The molecule has 0 radical (unpaired) electrons. The lowest BCUT2D eigenvalue weighted by Crippen LogP contribution is -2.55. The van der Waals surface area contributed by atoms with E-state index < -0.39 is 0 Å². The fourth-order valence-electron chi connectivity index (χ4n) is 2.55. The zero-order valence-corrected chi connectivity index (χ0v) is 13.6. The van der Waals surface area contributed by atoms with E-state index in [-0.39, 0.29) is 0 Å². The molecule has 108 valence electrons. The minimum atomic E-state index is 0.300. The number of rotatable bonds is 8. The normalized spacial score (nSPS) is 24.7. The van der Waals surface area contributed by atoms with E-state index in [4.69, 9.17) is 5.73 Å². The van der Waals surface area contributed by atoms with E-state index >= 15 is 0 Å². The zero-order valence-electron chi connectivity index (χ0n) is 12.7. The molecular formula is C15H32N2S. The lowest BCUT2D eigenvalue weighted by Gasteiger charge is -2.41. The Morgan fingerprint density at radius 2 is 1.67 bits per heavy atom. The molecule has 3 heteroatoms. The molecule has 1 saturated heterocycles. The van der Waals surface area contributed by atoms with Crippen LogP contribution < -0.4 is 5.73 Å². The highest BCUT2D eigenvalue weighted by molar-refractivity contribution is 7.99. The first-order valence-corrected chi connectivity index (χ1v) is 8.68. The van der Waals surface area contributed by atoms with Crippen LogP contribution in [0.15, 0.2) is 0 Å². The molecular weight excluding hydrogens is 240 g/mol. The highest BCUT2D eigenvalue weighted by atomic mass is 32.2. The molecule has 0 aromatic carbocycles. The molecule has 1 fully saturated rings. The zero-order chi connectivity index (χ0) is 13.6. The van der Waals surface area contributed by atoms with Gasteiger partial charge in [-0.2, -0.15) is 11.8 Å². The lowest BCUT2D eigenvalue weighted by molar-refractivity contribution is 0.104. The van der Waals surface area contributed by atoms with Crippen LogP contribution in [0.3, 0.4) is 0 Å². The Morgan fingerprint density at radius 1 is 1.11 bits per heavy atom. The van der Waals surface area contributed by atoms with Gasteiger partial charge in [-0.3, -0.25) is 4.90 Å². The number of hydrogen-bond acceptors (Lipinski definition) is 3. The van der Waals surface area contributed by atoms with Gasteiger partial charge in [0, 0.05) is 17.8 Å². The van der Waals surface area contributed by atoms with E-state index in [0.29, 0.717) is 5.54 Å². The predicted molar refractivity (Wildman–Crippen MR) is 84.2 cm³/mol. The molecule has 0 saturated carbocycles. The van der Waals surface area contributed by atoms with Gasteiger partial charge < -0.3 is 5.73 Å². The fraction of sp³-hybridized carbons (Fsp3) is 1.00. The molecule has 2 nitrogen and oxygen atoms in total. The summed E-state index contributed by atoms with van der Waals surface area (Å²) in [6.45, 7) is 12.6. The Morgan fingerprint density at radius 3 is 2.00 bits per heavy atom. The van der Waals surface area contributed by atoms with E-state index in [9.17, 15) is 0 Å². The van der Waals surface area contributed by atoms with Crippen LogP contribution in [-0.4, -0.2) is 41.6 Å². The lowest BCUT2D eigenvalue weighted by atomic mass is 9.94. The van der Waals surface area contributed by atoms with Crippen LogP contribution in [0.1, 0.15) is 47.0 Å². The van der Waals surface area contributed by atoms with Crippen molar-refractivity contribution in [1.29, 1.82) is 0 Å². The van der Waals surface area contributed by atoms with Crippen LogP contribution >= 0.6 is 11.8 Å². The monoisotopic (exact) mass is 272 g/mol. The van der Waals surface area contributed by atoms with Gasteiger partial charge in [0.05, 0.1) is 0 Å². The number of hydrogen-bond donors (Lipinski definition) is 1. The quantitative estimate of drug-likeness (QED) is 0.735. The smallest absolute Gasteiger partial charge is 0.0429 e. The summed E-state index contributed by atoms with van der Waals surface area (Å²) in [6, 6.07) is 0. The molecule has 1 aliphatic heterocycles. The van der Waals surface area contributed by atoms with Crippen LogP contribution in [0, 0.1) is 11.8 Å². The molecule has 1 unspecified atom stereocenters. The Labute approximate surface area is 118 Å². The molecule has 0 amide bonds. The third-order valence-electron chi connectivity index (χ3n) is 4.09. The van der Waals surface area contributed by atoms with Gasteiger partial charge in [0.25, 0.3) is 0 Å². The fourth-order valence-corrected chi connectivity index (χ4v) is 4.04. The minimum Gasteiger partial charge on any atom is -0.329 e. The van der Waals surface area contributed by atoms with E-state index in [1.807, 2.05) is 0 Å². The maximum atomic E-state index is 6.13. The van der Waals surface area contributed by atoms with Crippen molar-refractivity contribution in [2.45, 2.75) is 52.5 Å². The summed E-state index contributed by atoms with van der Waals surface area (Å²) in [4.78, 5) is 2.72. The summed E-state index contributed by atoms with van der Waals surface area (Å²) in [7, 11) is 0. The minimum absolute atomic E-state index is 0.300. The second-order valence-corrected chi connectivity index (χ2v) is 7.69. The van der Waals surface area contributed by atoms with Crippen molar-refractivity contribution in [2.75, 3.05) is 31.1 Å². The van der Waals surface area contributed by atoms with Crippen molar-refractivity contribution in [3.05, 3.63) is 0 Å². The van der Waals surface area contributed by atoms with Crippen molar-refractivity contribution < 1.29 is 0 Å². The molecule has 1 atom stereocenters. The van der Waals surface area contributed by atoms with Crippen molar-refractivity contribution in [3.63, 3.8) is 0 Å². The third-order valence-corrected chi connectivity index (χ3v) is 5.32. The van der Waals surface area contributed by atoms with Crippen molar-refractivity contribution >= 4 is 11.8 Å². The van der Waals surface area contributed by atoms with Gasteiger partial charge in [-0.1, -0.05) is 27.7 Å². The molecule has 0 aromatic rings. The molecule has 1 heterocycles. The topological polar surface area (TPSA) is 29.3 Å². The van der Waals surface area contributed by atoms with E-state index in [1.54, 1.807) is 0 Å². The van der Waals surface area contributed by atoms with Gasteiger partial charge in [-0.25, -0.2) is 0 Å². The molecule has 0 spiro atoms. The van der Waals surface area contributed by atoms with Crippen LogP contribution in [0.5, 0.6) is 0 Å². The van der Waals surface area contributed by atoms with Gasteiger partial charge in [0.2, 0.25) is 0 Å². The number of thioether (sulfide) groups is 1. The van der Waals surface area contributed by atoms with Crippen LogP contribution in [-0.2, 0) is 0 Å². The SMILES string of the molecule is CC(C)CCN(CCC(C)C)C1(CN)CCSC1. The van der Waals surface area contributed by atoms with Crippen LogP contribution in [0.25, 0.3) is 0 Å². The van der Waals surface area contributed by atoms with E-state index in [2.05, 4.69) is 44.4 Å². The maximum Gasteiger partial charge on any atom is 0.0429 e. The van der Waals surface area contributed by atoms with E-state index in [0.717, 1.165) is 18.4 Å². The number of nitrogens with two attached hydrogens (primary N) is 1. The van der Waals surface area contributed by atoms with Crippen molar-refractivity contribution in [1.82, 2.24) is 4.90 Å². The van der Waals surface area contributed by atoms with Gasteiger partial charge >= 0.3 is 0 Å². The molecule has 0 aliphatic carbocycles. The second kappa shape index (κ2) is 7.76. The average Bonchev–Trinajstić information content (AvgIpc) is 2.78. The Balaban J connectivity index is 2.61. The largest absolute Gasteiger partial charge is 0.329 e. The number of nitrogens with zero attached hydrogens (tertiary/aromatic N) is 1. The van der Waals surface area contributed by atoms with Gasteiger partial charge in [-0.15, -0.1) is 0 Å². The summed E-state index contributed by atoms with van der Waals surface area (Å²) >= 11 is 2.08. The highest BCUT2D eigenvalue weighted by Crippen LogP contribution is 2.33. The van der Waals surface area contributed by atoms with Gasteiger partial charge in [-0.05, 0) is 49.9 Å². The Bertz CT molecular complexity index is 211. The molecule has 1 rings (SSSR count). The van der Waals surface area contributed by atoms with Crippen molar-refractivity contribution in [3.8, 4) is 0 Å². The summed E-state index contributed by atoms with van der Waals surface area (Å²) < 4.78 is 0. The van der Waals surface area contributed by atoms with Crippen LogP contribution in [0.4, 0.5) is 0 Å². The summed E-state index contributed by atoms with van der Waals surface area (Å²) in [5.41, 5.74) is 6.43. The first kappa shape index (κ1) is 16.3. The van der Waals surface area contributed by atoms with Crippen LogP contribution in [0.2, 0.25) is 0 Å². The van der Waals surface area contributed by atoms with Gasteiger partial charge in [0.15, 0.2) is 0 Å². The molecule has 0 bridgehead atoms. The van der Waals surface area contributed by atoms with E-state index in [1.165, 1.54) is 43.9 Å². The third kappa shape index (κ3) is 4.75. The molecule has 2 N–H and O–H groups in total. The maximum absolute atomic E-state index is 6.13. The van der Waals surface area contributed by atoms with Gasteiger partial charge in [0.1, 0.15) is 0 Å². The Kier molecular flexibility index (Phi) is 7.04. The van der Waals surface area contributed by atoms with Crippen molar-refractivity contribution in [2.24, 2.45) is 17.6 Å². The Hall–Kier alpha value is 0.270. The average molecular weight is 273 g/mol.